The lowest BCUT2D eigenvalue weighted by Gasteiger charge is -2.14. The van der Waals surface area contributed by atoms with Gasteiger partial charge in [0.25, 0.3) is 11.8 Å². The van der Waals surface area contributed by atoms with Crippen molar-refractivity contribution in [1.29, 1.82) is 0 Å². The number of carbonyl (C=O) groups is 3. The number of hydrogen-bond acceptors (Lipinski definition) is 6. The van der Waals surface area contributed by atoms with Gasteiger partial charge in [0.05, 0.1) is 22.9 Å². The summed E-state index contributed by atoms with van der Waals surface area (Å²) < 4.78 is 29.8. The number of rotatable bonds is 5. The molecule has 26 heavy (non-hydrogen) atoms. The number of ether oxygens (including phenoxy) is 1. The number of anilines is 1. The highest BCUT2D eigenvalue weighted by molar-refractivity contribution is 7.92. The highest BCUT2D eigenvalue weighted by Gasteiger charge is 2.35. The van der Waals surface area contributed by atoms with Gasteiger partial charge in [0.1, 0.15) is 0 Å². The fourth-order valence-corrected chi connectivity index (χ4v) is 3.04. The Balaban J connectivity index is 1.70. The molecule has 8 nitrogen and oxygen atoms in total. The van der Waals surface area contributed by atoms with Crippen molar-refractivity contribution in [1.82, 2.24) is 4.90 Å². The summed E-state index contributed by atoms with van der Waals surface area (Å²) in [4.78, 5) is 37.4. The molecule has 0 saturated heterocycles. The SMILES string of the molecule is CS(=O)(=O)Nc1cccc(C(=O)OCN2C(=O)c3ccccc3C2=O)c1. The van der Waals surface area contributed by atoms with E-state index in [1.54, 1.807) is 12.1 Å². The summed E-state index contributed by atoms with van der Waals surface area (Å²) in [6, 6.07) is 12.0. The van der Waals surface area contributed by atoms with E-state index in [1.165, 1.54) is 36.4 Å². The van der Waals surface area contributed by atoms with E-state index in [2.05, 4.69) is 4.72 Å². The van der Waals surface area contributed by atoms with Gasteiger partial charge in [0.15, 0.2) is 6.73 Å². The van der Waals surface area contributed by atoms with Crippen LogP contribution in [-0.2, 0) is 14.8 Å². The first kappa shape index (κ1) is 17.6. The second-order valence-corrected chi connectivity index (χ2v) is 7.35. The van der Waals surface area contributed by atoms with Crippen LogP contribution in [0.1, 0.15) is 31.1 Å². The highest BCUT2D eigenvalue weighted by Crippen LogP contribution is 2.22. The van der Waals surface area contributed by atoms with Crippen LogP contribution < -0.4 is 4.72 Å². The van der Waals surface area contributed by atoms with Crippen molar-refractivity contribution in [2.75, 3.05) is 17.7 Å². The van der Waals surface area contributed by atoms with Gasteiger partial charge in [0, 0.05) is 5.69 Å². The van der Waals surface area contributed by atoms with Crippen LogP contribution in [0.25, 0.3) is 0 Å². The maximum Gasteiger partial charge on any atom is 0.339 e. The van der Waals surface area contributed by atoms with Gasteiger partial charge < -0.3 is 4.74 Å². The molecule has 2 amide bonds. The summed E-state index contributed by atoms with van der Waals surface area (Å²) in [5, 5.41) is 0. The summed E-state index contributed by atoms with van der Waals surface area (Å²) in [5.41, 5.74) is 0.790. The number of nitrogens with zero attached hydrogens (tertiary/aromatic N) is 1. The average Bonchev–Trinajstić information content (AvgIpc) is 2.83. The van der Waals surface area contributed by atoms with Crippen molar-refractivity contribution in [3.05, 3.63) is 65.2 Å². The van der Waals surface area contributed by atoms with Gasteiger partial charge in [-0.25, -0.2) is 18.1 Å². The van der Waals surface area contributed by atoms with Crippen LogP contribution in [0.2, 0.25) is 0 Å². The lowest BCUT2D eigenvalue weighted by atomic mass is 10.1. The highest BCUT2D eigenvalue weighted by atomic mass is 32.2. The Morgan fingerprint density at radius 3 is 2.23 bits per heavy atom. The fraction of sp³-hybridized carbons (Fsp3) is 0.118. The summed E-state index contributed by atoms with van der Waals surface area (Å²) in [6.07, 6.45) is 0.986. The van der Waals surface area contributed by atoms with Crippen molar-refractivity contribution in [2.24, 2.45) is 0 Å². The van der Waals surface area contributed by atoms with Crippen molar-refractivity contribution < 1.29 is 27.5 Å². The maximum atomic E-state index is 12.2. The van der Waals surface area contributed by atoms with Crippen molar-refractivity contribution >= 4 is 33.5 Å². The van der Waals surface area contributed by atoms with Gasteiger partial charge in [-0.05, 0) is 30.3 Å². The molecular formula is C17H14N2O6S. The van der Waals surface area contributed by atoms with Crippen molar-refractivity contribution in [3.63, 3.8) is 0 Å². The molecule has 1 heterocycles. The Bertz CT molecular complexity index is 980. The van der Waals surface area contributed by atoms with E-state index < -0.39 is 34.5 Å². The molecule has 0 radical (unpaired) electrons. The molecule has 0 saturated carbocycles. The molecule has 9 heteroatoms. The molecule has 0 aromatic heterocycles. The van der Waals surface area contributed by atoms with Gasteiger partial charge in [-0.2, -0.15) is 0 Å². The molecule has 0 spiro atoms. The zero-order valence-electron chi connectivity index (χ0n) is 13.6. The molecule has 0 bridgehead atoms. The molecule has 0 unspecified atom stereocenters. The van der Waals surface area contributed by atoms with E-state index >= 15 is 0 Å². The van der Waals surface area contributed by atoms with Gasteiger partial charge >= 0.3 is 5.97 Å². The standard InChI is InChI=1S/C17H14N2O6S/c1-26(23,24)18-12-6-4-5-11(9-12)17(22)25-10-19-15(20)13-7-2-3-8-14(13)16(19)21/h2-9,18H,10H2,1H3. The van der Waals surface area contributed by atoms with E-state index in [9.17, 15) is 22.8 Å². The number of benzene rings is 2. The molecule has 2 aromatic carbocycles. The van der Waals surface area contributed by atoms with Gasteiger partial charge in [-0.1, -0.05) is 18.2 Å². The number of fused-ring (bicyclic) bond motifs is 1. The number of amides is 2. The molecule has 0 fully saturated rings. The van der Waals surface area contributed by atoms with Crippen LogP contribution in [0, 0.1) is 0 Å². The Labute approximate surface area is 149 Å². The summed E-state index contributed by atoms with van der Waals surface area (Å²) in [5.74, 6) is -1.87. The van der Waals surface area contributed by atoms with Crippen molar-refractivity contribution in [2.45, 2.75) is 0 Å². The Kier molecular flexibility index (Phi) is 4.47. The number of hydrogen-bond donors (Lipinski definition) is 1. The number of imide groups is 1. The maximum absolute atomic E-state index is 12.2. The third-order valence-corrected chi connectivity index (χ3v) is 4.21. The largest absolute Gasteiger partial charge is 0.440 e. The Morgan fingerprint density at radius 2 is 1.65 bits per heavy atom. The molecule has 1 aliphatic heterocycles. The van der Waals surface area contributed by atoms with E-state index in [1.807, 2.05) is 0 Å². The predicted molar refractivity (Wildman–Crippen MR) is 92.1 cm³/mol. The smallest absolute Gasteiger partial charge is 0.339 e. The number of esters is 1. The second-order valence-electron chi connectivity index (χ2n) is 5.60. The summed E-state index contributed by atoms with van der Waals surface area (Å²) in [6.45, 7) is -0.533. The van der Waals surface area contributed by atoms with Gasteiger partial charge in [0.2, 0.25) is 10.0 Å². The third-order valence-electron chi connectivity index (χ3n) is 3.60. The lowest BCUT2D eigenvalue weighted by molar-refractivity contribution is 0.0228. The Morgan fingerprint density at radius 1 is 1.04 bits per heavy atom. The third kappa shape index (κ3) is 3.57. The molecule has 3 rings (SSSR count). The first-order valence-corrected chi connectivity index (χ1v) is 9.35. The minimum absolute atomic E-state index is 0.0789. The van der Waals surface area contributed by atoms with Gasteiger partial charge in [-0.15, -0.1) is 0 Å². The van der Waals surface area contributed by atoms with E-state index in [4.69, 9.17) is 4.74 Å². The van der Waals surface area contributed by atoms with Crippen LogP contribution in [0.5, 0.6) is 0 Å². The average molecular weight is 374 g/mol. The van der Waals surface area contributed by atoms with Crippen LogP contribution in [0.15, 0.2) is 48.5 Å². The molecule has 0 atom stereocenters. The van der Waals surface area contributed by atoms with E-state index in [0.717, 1.165) is 11.2 Å². The lowest BCUT2D eigenvalue weighted by Crippen LogP contribution is -2.33. The van der Waals surface area contributed by atoms with Gasteiger partial charge in [-0.3, -0.25) is 14.3 Å². The topological polar surface area (TPSA) is 110 Å². The molecular weight excluding hydrogens is 360 g/mol. The summed E-state index contributed by atoms with van der Waals surface area (Å²) in [7, 11) is -3.49. The fourth-order valence-electron chi connectivity index (χ4n) is 2.49. The Hall–Kier alpha value is -3.20. The van der Waals surface area contributed by atoms with E-state index in [-0.39, 0.29) is 22.4 Å². The molecule has 0 aliphatic carbocycles. The zero-order valence-corrected chi connectivity index (χ0v) is 14.4. The van der Waals surface area contributed by atoms with Crippen LogP contribution in [0.4, 0.5) is 5.69 Å². The summed E-state index contributed by atoms with van der Waals surface area (Å²) >= 11 is 0. The predicted octanol–water partition coefficient (Wildman–Crippen LogP) is 1.47. The monoisotopic (exact) mass is 374 g/mol. The first-order valence-electron chi connectivity index (χ1n) is 7.46. The molecule has 134 valence electrons. The quantitative estimate of drug-likeness (QED) is 0.627. The zero-order chi connectivity index (χ0) is 18.9. The minimum Gasteiger partial charge on any atom is -0.440 e. The molecule has 2 aromatic rings. The second kappa shape index (κ2) is 6.60. The minimum atomic E-state index is -3.49. The van der Waals surface area contributed by atoms with Crippen LogP contribution in [0.3, 0.4) is 0 Å². The number of nitrogens with one attached hydrogen (secondary N) is 1. The van der Waals surface area contributed by atoms with Crippen molar-refractivity contribution in [3.8, 4) is 0 Å². The normalized spacial score (nSPS) is 13.5. The number of sulfonamides is 1. The van der Waals surface area contributed by atoms with E-state index in [0.29, 0.717) is 0 Å². The van der Waals surface area contributed by atoms with Crippen LogP contribution >= 0.6 is 0 Å². The molecule has 1 N–H and O–H groups in total. The first-order chi connectivity index (χ1) is 12.3. The van der Waals surface area contributed by atoms with Crippen LogP contribution in [-0.4, -0.2) is 44.1 Å². The number of carbonyl (C=O) groups excluding carboxylic acids is 3. The molecule has 1 aliphatic rings.